The minimum atomic E-state index is 0.821. The van der Waals surface area contributed by atoms with E-state index in [1.165, 1.54) is 134 Å². The van der Waals surface area contributed by atoms with Crippen molar-refractivity contribution in [3.05, 3.63) is 112 Å². The number of rotatable bonds is 18. The first-order valence-corrected chi connectivity index (χ1v) is 20.3. The lowest BCUT2D eigenvalue weighted by atomic mass is 10.0. The summed E-state index contributed by atoms with van der Waals surface area (Å²) >= 11 is 5.99. The highest BCUT2D eigenvalue weighted by atomic mass is 32.1. The second-order valence-corrected chi connectivity index (χ2v) is 16.5. The first kappa shape index (κ1) is 32.4. The van der Waals surface area contributed by atoms with Crippen LogP contribution in [0.3, 0.4) is 0 Å². The van der Waals surface area contributed by atoms with E-state index in [4.69, 9.17) is 4.74 Å². The summed E-state index contributed by atoms with van der Waals surface area (Å²) in [6.07, 6.45) is 18.0. The summed E-state index contributed by atoms with van der Waals surface area (Å²) in [5.41, 5.74) is 1.48. The summed E-state index contributed by atoms with van der Waals surface area (Å²) in [4.78, 5) is 3.09. The molecule has 7 aromatic rings. The van der Waals surface area contributed by atoms with E-state index in [-0.39, 0.29) is 0 Å². The number of benzene rings is 4. The monoisotopic (exact) mass is 674 g/mol. The molecule has 0 radical (unpaired) electrons. The molecule has 0 saturated heterocycles. The van der Waals surface area contributed by atoms with Crippen molar-refractivity contribution in [1.82, 2.24) is 0 Å². The zero-order valence-corrected chi connectivity index (χ0v) is 29.9. The van der Waals surface area contributed by atoms with Crippen molar-refractivity contribution < 1.29 is 4.74 Å². The molecule has 3 aromatic heterocycles. The zero-order valence-electron chi connectivity index (χ0n) is 27.5. The Labute approximate surface area is 292 Å². The van der Waals surface area contributed by atoms with Gasteiger partial charge in [-0.2, -0.15) is 0 Å². The van der Waals surface area contributed by atoms with E-state index >= 15 is 0 Å². The number of hydrogen-bond acceptors (Lipinski definition) is 4. The van der Waals surface area contributed by atoms with Crippen LogP contribution in [0.25, 0.3) is 40.3 Å². The van der Waals surface area contributed by atoms with E-state index in [9.17, 15) is 0 Å². The number of ether oxygens (including phenoxy) is 1. The maximum absolute atomic E-state index is 5.83. The van der Waals surface area contributed by atoms with Crippen molar-refractivity contribution >= 4 is 74.4 Å². The van der Waals surface area contributed by atoms with Crippen LogP contribution in [0.2, 0.25) is 0 Å². The summed E-state index contributed by atoms with van der Waals surface area (Å²) < 4.78 is 11.6. The third-order valence-corrected chi connectivity index (χ3v) is 12.8. The fourth-order valence-corrected chi connectivity index (χ4v) is 10.4. The normalized spacial score (nSPS) is 11.8. The van der Waals surface area contributed by atoms with Gasteiger partial charge in [-0.1, -0.05) is 93.5 Å². The molecule has 242 valence electrons. The molecule has 0 aliphatic rings. The quantitative estimate of drug-likeness (QED) is 0.0823. The average molecular weight is 675 g/mol. The smallest absolute Gasteiger partial charge is 0.119 e. The summed E-state index contributed by atoms with van der Waals surface area (Å²) in [6.45, 7) is 0.821. The molecule has 0 fully saturated rings. The number of thiophene rings is 3. The van der Waals surface area contributed by atoms with E-state index in [1.807, 2.05) is 64.3 Å². The molecule has 4 heteroatoms. The van der Waals surface area contributed by atoms with Gasteiger partial charge in [-0.05, 0) is 110 Å². The van der Waals surface area contributed by atoms with Crippen molar-refractivity contribution in [2.45, 2.75) is 89.9 Å². The molecule has 0 amide bonds. The fourth-order valence-electron chi connectivity index (χ4n) is 6.82. The molecular formula is C43H46OS3. The van der Waals surface area contributed by atoms with Gasteiger partial charge in [0.25, 0.3) is 0 Å². The summed E-state index contributed by atoms with van der Waals surface area (Å²) in [5.74, 6) is 0.983. The van der Waals surface area contributed by atoms with Gasteiger partial charge < -0.3 is 4.74 Å². The largest absolute Gasteiger partial charge is 0.494 e. The third-order valence-electron chi connectivity index (χ3n) is 9.41. The Kier molecular flexibility index (Phi) is 11.2. The first-order valence-electron chi connectivity index (χ1n) is 17.8. The number of para-hydroxylation sites is 1. The van der Waals surface area contributed by atoms with Crippen LogP contribution in [0.1, 0.15) is 85.9 Å². The molecule has 4 aromatic carbocycles. The molecule has 0 aliphatic heterocycles. The van der Waals surface area contributed by atoms with Crippen LogP contribution in [0.4, 0.5) is 0 Å². The highest BCUT2D eigenvalue weighted by Crippen LogP contribution is 2.42. The summed E-state index contributed by atoms with van der Waals surface area (Å²) in [5, 5.41) is 5.71. The number of unbranched alkanes of at least 4 members (excludes halogenated alkanes) is 9. The Balaban J connectivity index is 0.874. The third kappa shape index (κ3) is 8.65. The lowest BCUT2D eigenvalue weighted by Gasteiger charge is -2.05. The molecule has 0 atom stereocenters. The van der Waals surface area contributed by atoms with Crippen molar-refractivity contribution in [3.8, 4) is 5.75 Å². The Morgan fingerprint density at radius 2 is 0.894 bits per heavy atom. The molecule has 0 unspecified atom stereocenters. The maximum atomic E-state index is 5.83. The van der Waals surface area contributed by atoms with Gasteiger partial charge in [0.05, 0.1) is 6.61 Å². The van der Waals surface area contributed by atoms with Gasteiger partial charge in [-0.3, -0.25) is 0 Å². The average Bonchev–Trinajstić information content (AvgIpc) is 3.79. The predicted octanol–water partition coefficient (Wildman–Crippen LogP) is 14.2. The predicted molar refractivity (Wildman–Crippen MR) is 210 cm³/mol. The minimum Gasteiger partial charge on any atom is -0.494 e. The Bertz CT molecular complexity index is 1850. The second kappa shape index (κ2) is 16.3. The van der Waals surface area contributed by atoms with Gasteiger partial charge in [-0.25, -0.2) is 0 Å². The Hall–Kier alpha value is -3.18. The highest BCUT2D eigenvalue weighted by Gasteiger charge is 2.12. The number of aryl methyl sites for hydroxylation is 3. The van der Waals surface area contributed by atoms with Gasteiger partial charge in [0, 0.05) is 39.3 Å². The van der Waals surface area contributed by atoms with E-state index < -0.39 is 0 Å². The minimum absolute atomic E-state index is 0.821. The van der Waals surface area contributed by atoms with Gasteiger partial charge in [0.15, 0.2) is 0 Å². The van der Waals surface area contributed by atoms with E-state index in [2.05, 4.69) is 66.7 Å². The van der Waals surface area contributed by atoms with Crippen molar-refractivity contribution in [3.63, 3.8) is 0 Å². The standard InChI is InChI=1S/C43H46OS3/c1(4-10-18-32-19-11-8-12-20-32)2-5-15-23-36-26-33-28-38-39-29-34-27-37(46-41(34)31-43(39)47-42(38)30-40(33)45-36)24-16-6-3-7-17-25-44-35-21-13-9-14-22-35/h8-9,11-14,19-22,26-31H,1-7,10,15-18,23-25H2. The number of hydrogen-bond donors (Lipinski definition) is 0. The van der Waals surface area contributed by atoms with Crippen LogP contribution >= 0.6 is 34.0 Å². The fraction of sp³-hybridized carbons (Fsp3) is 0.349. The molecule has 7 rings (SSSR count). The Morgan fingerprint density at radius 1 is 0.404 bits per heavy atom. The lowest BCUT2D eigenvalue weighted by molar-refractivity contribution is 0.304. The molecule has 0 bridgehead atoms. The number of fused-ring (bicyclic) bond motifs is 5. The van der Waals surface area contributed by atoms with Crippen molar-refractivity contribution in [1.29, 1.82) is 0 Å². The second-order valence-electron chi connectivity index (χ2n) is 13.1. The van der Waals surface area contributed by atoms with Gasteiger partial charge in [0.2, 0.25) is 0 Å². The van der Waals surface area contributed by atoms with Gasteiger partial charge in [0.1, 0.15) is 5.75 Å². The highest BCUT2D eigenvalue weighted by molar-refractivity contribution is 7.27. The molecule has 1 nitrogen and oxygen atoms in total. The van der Waals surface area contributed by atoms with Crippen molar-refractivity contribution in [2.75, 3.05) is 6.61 Å². The topological polar surface area (TPSA) is 9.23 Å². The maximum Gasteiger partial charge on any atom is 0.119 e. The molecule has 3 heterocycles. The van der Waals surface area contributed by atoms with E-state index in [1.54, 1.807) is 4.88 Å². The Morgan fingerprint density at radius 3 is 1.47 bits per heavy atom. The molecule has 0 aliphatic carbocycles. The van der Waals surface area contributed by atoms with Crippen LogP contribution in [0, 0.1) is 0 Å². The van der Waals surface area contributed by atoms with Crippen LogP contribution in [0.5, 0.6) is 5.75 Å². The van der Waals surface area contributed by atoms with Crippen LogP contribution in [0.15, 0.2) is 97.1 Å². The van der Waals surface area contributed by atoms with Crippen molar-refractivity contribution in [2.24, 2.45) is 0 Å². The van der Waals surface area contributed by atoms with E-state index in [0.717, 1.165) is 18.8 Å². The molecule has 0 N–H and O–H groups in total. The lowest BCUT2D eigenvalue weighted by Crippen LogP contribution is -1.96. The van der Waals surface area contributed by atoms with Crippen LogP contribution < -0.4 is 4.74 Å². The first-order chi connectivity index (χ1) is 23.3. The van der Waals surface area contributed by atoms with E-state index in [0.29, 0.717) is 0 Å². The zero-order chi connectivity index (χ0) is 31.7. The SMILES string of the molecule is c1ccc(CCCCCCCCc2cc3cc4c(cc3s2)sc2cc3sc(CCCCCCCOc5ccccc5)cc3cc24)cc1. The van der Waals surface area contributed by atoms with Gasteiger partial charge >= 0.3 is 0 Å². The molecule has 0 saturated carbocycles. The molecule has 0 spiro atoms. The van der Waals surface area contributed by atoms with Crippen LogP contribution in [-0.2, 0) is 19.3 Å². The summed E-state index contributed by atoms with van der Waals surface area (Å²) in [6, 6.07) is 35.9. The summed E-state index contributed by atoms with van der Waals surface area (Å²) in [7, 11) is 0. The van der Waals surface area contributed by atoms with Crippen LogP contribution in [-0.4, -0.2) is 6.61 Å². The molecular weight excluding hydrogens is 629 g/mol. The molecule has 47 heavy (non-hydrogen) atoms. The van der Waals surface area contributed by atoms with Gasteiger partial charge in [-0.15, -0.1) is 34.0 Å².